The van der Waals surface area contributed by atoms with Crippen LogP contribution < -0.4 is 4.72 Å². The molecule has 0 heterocycles. The average Bonchev–Trinajstić information content (AvgIpc) is 2.15. The van der Waals surface area contributed by atoms with Gasteiger partial charge in [0.25, 0.3) is 0 Å². The number of thioether (sulfide) groups is 1. The molecule has 0 saturated heterocycles. The molecule has 0 aliphatic heterocycles. The van der Waals surface area contributed by atoms with Crippen molar-refractivity contribution in [3.8, 4) is 0 Å². The van der Waals surface area contributed by atoms with Crippen LogP contribution in [0.2, 0.25) is 0 Å². The van der Waals surface area contributed by atoms with Crippen LogP contribution in [0, 0.1) is 0 Å². The minimum Gasteiger partial charge on any atom is -0.480 e. The van der Waals surface area contributed by atoms with Crippen molar-refractivity contribution in [2.45, 2.75) is 37.0 Å². The molecule has 0 bridgehead atoms. The molecule has 1 rings (SSSR count). The van der Waals surface area contributed by atoms with Gasteiger partial charge in [-0.3, -0.25) is 4.79 Å². The fraction of sp³-hybridized carbons (Fsp3) is 0.889. The van der Waals surface area contributed by atoms with E-state index in [9.17, 15) is 13.2 Å². The molecule has 1 fully saturated rings. The monoisotopic (exact) mass is 267 g/mol. The van der Waals surface area contributed by atoms with Gasteiger partial charge in [-0.2, -0.15) is 11.8 Å². The van der Waals surface area contributed by atoms with Crippen molar-refractivity contribution in [2.75, 3.05) is 12.0 Å². The predicted octanol–water partition coefficient (Wildman–Crippen LogP) is 0.665. The Bertz CT molecular complexity index is 341. The van der Waals surface area contributed by atoms with E-state index in [1.165, 1.54) is 0 Å². The molecule has 0 aromatic heterocycles. The van der Waals surface area contributed by atoms with E-state index in [0.717, 1.165) is 25.7 Å². The zero-order valence-corrected chi connectivity index (χ0v) is 10.8. The molecule has 2 atom stereocenters. The first-order valence-electron chi connectivity index (χ1n) is 5.19. The number of carboxylic acids is 1. The Morgan fingerprint density at radius 3 is 2.62 bits per heavy atom. The highest BCUT2D eigenvalue weighted by molar-refractivity contribution is 7.99. The van der Waals surface area contributed by atoms with E-state index in [4.69, 9.17) is 5.11 Å². The maximum atomic E-state index is 11.5. The fourth-order valence-corrected chi connectivity index (χ4v) is 4.12. The summed E-state index contributed by atoms with van der Waals surface area (Å²) in [5.74, 6) is -2.16. The predicted molar refractivity (Wildman–Crippen MR) is 64.1 cm³/mol. The molecule has 1 aliphatic rings. The van der Waals surface area contributed by atoms with Gasteiger partial charge in [0.05, 0.1) is 0 Å². The van der Waals surface area contributed by atoms with Crippen LogP contribution in [-0.2, 0) is 14.8 Å². The van der Waals surface area contributed by atoms with Crippen LogP contribution in [0.25, 0.3) is 0 Å². The molecule has 0 amide bonds. The van der Waals surface area contributed by atoms with Crippen LogP contribution in [0.1, 0.15) is 25.7 Å². The lowest BCUT2D eigenvalue weighted by Gasteiger charge is -2.30. The minimum atomic E-state index is -3.69. The second-order valence-corrected chi connectivity index (χ2v) is 6.77. The largest absolute Gasteiger partial charge is 0.480 e. The molecular formula is C9H17NO4S2. The highest BCUT2D eigenvalue weighted by Gasteiger charge is 2.29. The lowest BCUT2D eigenvalue weighted by atomic mass is 9.96. The number of nitrogens with one attached hydrogen (secondary N) is 1. The van der Waals surface area contributed by atoms with Crippen molar-refractivity contribution in [3.63, 3.8) is 0 Å². The fourth-order valence-electron chi connectivity index (χ4n) is 1.95. The quantitative estimate of drug-likeness (QED) is 0.764. The highest BCUT2D eigenvalue weighted by Crippen LogP contribution is 2.27. The standard InChI is InChI=1S/C9H17NO4S2/c1-15-8-5-3-2-4-7(8)10-16(13,14)6-9(11)12/h7-8,10H,2-6H2,1H3,(H,11,12). The molecule has 0 aromatic rings. The second-order valence-electron chi connectivity index (χ2n) is 3.94. The molecule has 2 N–H and O–H groups in total. The maximum Gasteiger partial charge on any atom is 0.320 e. The van der Waals surface area contributed by atoms with Crippen molar-refractivity contribution in [3.05, 3.63) is 0 Å². The number of sulfonamides is 1. The first-order valence-corrected chi connectivity index (χ1v) is 8.13. The van der Waals surface area contributed by atoms with Crippen LogP contribution in [-0.4, -0.2) is 42.8 Å². The van der Waals surface area contributed by atoms with Gasteiger partial charge in [-0.1, -0.05) is 12.8 Å². The van der Waals surface area contributed by atoms with Gasteiger partial charge in [0.1, 0.15) is 0 Å². The van der Waals surface area contributed by atoms with E-state index < -0.39 is 21.7 Å². The highest BCUT2D eigenvalue weighted by atomic mass is 32.2. The zero-order valence-electron chi connectivity index (χ0n) is 9.18. The molecule has 1 aliphatic carbocycles. The number of rotatable bonds is 5. The summed E-state index contributed by atoms with van der Waals surface area (Å²) in [6.07, 6.45) is 5.85. The number of carboxylic acid groups (broad SMARTS) is 1. The van der Waals surface area contributed by atoms with Crippen LogP contribution >= 0.6 is 11.8 Å². The van der Waals surface area contributed by atoms with Crippen LogP contribution in [0.3, 0.4) is 0 Å². The third-order valence-corrected chi connectivity index (χ3v) is 5.11. The summed E-state index contributed by atoms with van der Waals surface area (Å²) in [4.78, 5) is 10.4. The summed E-state index contributed by atoms with van der Waals surface area (Å²) in [7, 11) is -3.69. The SMILES string of the molecule is CSC1CCCCC1NS(=O)(=O)CC(=O)O. The number of aliphatic carboxylic acids is 1. The number of carbonyl (C=O) groups is 1. The first-order chi connectivity index (χ1) is 7.44. The van der Waals surface area contributed by atoms with E-state index in [0.29, 0.717) is 0 Å². The average molecular weight is 267 g/mol. The third kappa shape index (κ3) is 4.31. The summed E-state index contributed by atoms with van der Waals surface area (Å²) in [5.41, 5.74) is 0. The van der Waals surface area contributed by atoms with Crippen molar-refractivity contribution in [2.24, 2.45) is 0 Å². The zero-order chi connectivity index (χ0) is 12.2. The number of hydrogen-bond acceptors (Lipinski definition) is 4. The molecule has 7 heteroatoms. The molecule has 0 aromatic carbocycles. The van der Waals surface area contributed by atoms with E-state index >= 15 is 0 Å². The van der Waals surface area contributed by atoms with E-state index in [-0.39, 0.29) is 11.3 Å². The van der Waals surface area contributed by atoms with E-state index in [2.05, 4.69) is 4.72 Å². The van der Waals surface area contributed by atoms with Gasteiger partial charge in [0.2, 0.25) is 10.0 Å². The molecule has 1 saturated carbocycles. The van der Waals surface area contributed by atoms with Crippen molar-refractivity contribution >= 4 is 27.8 Å². The molecule has 5 nitrogen and oxygen atoms in total. The van der Waals surface area contributed by atoms with Crippen molar-refractivity contribution in [1.29, 1.82) is 0 Å². The van der Waals surface area contributed by atoms with Gasteiger partial charge in [0.15, 0.2) is 5.75 Å². The van der Waals surface area contributed by atoms with E-state index in [1.807, 2.05) is 6.26 Å². The second kappa shape index (κ2) is 5.88. The van der Waals surface area contributed by atoms with E-state index in [1.54, 1.807) is 11.8 Å². The van der Waals surface area contributed by atoms with Gasteiger partial charge in [0, 0.05) is 11.3 Å². The molecule has 16 heavy (non-hydrogen) atoms. The summed E-state index contributed by atoms with van der Waals surface area (Å²) in [6, 6.07) is -0.118. The van der Waals surface area contributed by atoms with Gasteiger partial charge in [-0.05, 0) is 19.1 Å². The lowest BCUT2D eigenvalue weighted by molar-refractivity contribution is -0.134. The van der Waals surface area contributed by atoms with Gasteiger partial charge in [-0.25, -0.2) is 13.1 Å². The molecule has 2 unspecified atom stereocenters. The van der Waals surface area contributed by atoms with Gasteiger partial charge in [-0.15, -0.1) is 0 Å². The minimum absolute atomic E-state index is 0.118. The topological polar surface area (TPSA) is 83.5 Å². The maximum absolute atomic E-state index is 11.5. The summed E-state index contributed by atoms with van der Waals surface area (Å²) in [6.45, 7) is 0. The third-order valence-electron chi connectivity index (χ3n) is 2.65. The Hall–Kier alpha value is -0.270. The van der Waals surface area contributed by atoms with Gasteiger partial charge >= 0.3 is 5.97 Å². The molecule has 0 radical (unpaired) electrons. The number of hydrogen-bond donors (Lipinski definition) is 2. The lowest BCUT2D eigenvalue weighted by Crippen LogP contribution is -2.45. The van der Waals surface area contributed by atoms with Crippen molar-refractivity contribution in [1.82, 2.24) is 4.72 Å². The van der Waals surface area contributed by atoms with Crippen LogP contribution in [0.5, 0.6) is 0 Å². The van der Waals surface area contributed by atoms with Crippen LogP contribution in [0.4, 0.5) is 0 Å². The Balaban J connectivity index is 2.60. The van der Waals surface area contributed by atoms with Crippen molar-refractivity contribution < 1.29 is 18.3 Å². The Labute approximate surface area is 100 Å². The smallest absolute Gasteiger partial charge is 0.320 e. The summed E-state index contributed by atoms with van der Waals surface area (Å²) in [5, 5.41) is 8.74. The normalized spacial score (nSPS) is 26.6. The summed E-state index contributed by atoms with van der Waals surface area (Å²) >= 11 is 1.64. The molecular weight excluding hydrogens is 250 g/mol. The molecule has 94 valence electrons. The Morgan fingerprint density at radius 1 is 1.44 bits per heavy atom. The Kier molecular flexibility index (Phi) is 5.07. The Morgan fingerprint density at radius 2 is 2.06 bits per heavy atom. The summed E-state index contributed by atoms with van der Waals surface area (Å²) < 4.78 is 25.4. The first kappa shape index (κ1) is 13.8. The van der Waals surface area contributed by atoms with Gasteiger partial charge < -0.3 is 5.11 Å². The van der Waals surface area contributed by atoms with Crippen LogP contribution in [0.15, 0.2) is 0 Å². The molecule has 0 spiro atoms.